The van der Waals surface area contributed by atoms with Crippen LogP contribution in [-0.4, -0.2) is 8.42 Å². The highest BCUT2D eigenvalue weighted by atomic mass is 79.9. The monoisotopic (exact) mass is 359 g/mol. The van der Waals surface area contributed by atoms with Gasteiger partial charge in [0.25, 0.3) is 0 Å². The van der Waals surface area contributed by atoms with E-state index in [1.165, 1.54) is 4.88 Å². The first kappa shape index (κ1) is 14.7. The molecule has 19 heavy (non-hydrogen) atoms. The van der Waals surface area contributed by atoms with Crippen molar-refractivity contribution in [2.24, 2.45) is 0 Å². The summed E-state index contributed by atoms with van der Waals surface area (Å²) in [6, 6.07) is 10.3. The largest absolute Gasteiger partial charge is 0.241 e. The van der Waals surface area contributed by atoms with Crippen LogP contribution in [0, 0.1) is 6.92 Å². The van der Waals surface area contributed by atoms with Gasteiger partial charge >= 0.3 is 0 Å². The van der Waals surface area contributed by atoms with E-state index in [1.54, 1.807) is 35.6 Å². The summed E-state index contributed by atoms with van der Waals surface area (Å²) in [4.78, 5) is 2.46. The number of nitrogens with one attached hydrogen (secondary N) is 1. The minimum atomic E-state index is -3.48. The third-order valence-electron chi connectivity index (χ3n) is 2.64. The Morgan fingerprint density at radius 2 is 1.79 bits per heavy atom. The van der Waals surface area contributed by atoms with Crippen molar-refractivity contribution < 1.29 is 8.42 Å². The molecule has 0 saturated heterocycles. The van der Waals surface area contributed by atoms with Gasteiger partial charge in [-0.2, -0.15) is 0 Å². The Labute approximate surface area is 125 Å². The van der Waals surface area contributed by atoms with E-state index in [9.17, 15) is 8.42 Å². The number of benzene rings is 1. The molecule has 0 spiro atoms. The molecule has 102 valence electrons. The molecule has 2 rings (SSSR count). The summed E-state index contributed by atoms with van der Waals surface area (Å²) in [6.07, 6.45) is 0. The number of thiophene rings is 1. The van der Waals surface area contributed by atoms with Gasteiger partial charge in [0.2, 0.25) is 10.0 Å². The highest BCUT2D eigenvalue weighted by molar-refractivity contribution is 9.10. The second-order valence-electron chi connectivity index (χ2n) is 4.25. The number of sulfonamides is 1. The molecule has 1 atom stereocenters. The summed E-state index contributed by atoms with van der Waals surface area (Å²) in [7, 11) is -3.48. The van der Waals surface area contributed by atoms with Crippen LogP contribution in [0.4, 0.5) is 0 Å². The molecule has 3 nitrogen and oxygen atoms in total. The Hall–Kier alpha value is -0.690. The summed E-state index contributed by atoms with van der Waals surface area (Å²) in [5, 5.41) is 0. The standard InChI is InChI=1S/C13H14BrNO2S2/c1-9-3-8-13(18-9)10(2)15-19(16,17)12-6-4-11(14)5-7-12/h3-8,10,15H,1-2H3. The molecule has 0 radical (unpaired) electrons. The Bertz CT molecular complexity index is 662. The minimum absolute atomic E-state index is 0.229. The number of halogens is 1. The van der Waals surface area contributed by atoms with E-state index in [0.717, 1.165) is 9.35 Å². The zero-order valence-corrected chi connectivity index (χ0v) is 13.8. The van der Waals surface area contributed by atoms with Crippen molar-refractivity contribution in [1.82, 2.24) is 4.72 Å². The molecule has 6 heteroatoms. The molecule has 0 amide bonds. The molecule has 0 bridgehead atoms. The van der Waals surface area contributed by atoms with Gasteiger partial charge in [-0.1, -0.05) is 15.9 Å². The zero-order chi connectivity index (χ0) is 14.0. The van der Waals surface area contributed by atoms with Crippen molar-refractivity contribution in [1.29, 1.82) is 0 Å². The van der Waals surface area contributed by atoms with Crippen molar-refractivity contribution in [3.8, 4) is 0 Å². The van der Waals surface area contributed by atoms with Gasteiger partial charge in [0, 0.05) is 14.2 Å². The topological polar surface area (TPSA) is 46.2 Å². The molecule has 0 aliphatic rings. The maximum Gasteiger partial charge on any atom is 0.241 e. The first-order valence-electron chi connectivity index (χ1n) is 5.73. The van der Waals surface area contributed by atoms with Gasteiger partial charge in [0.15, 0.2) is 0 Å². The lowest BCUT2D eigenvalue weighted by molar-refractivity contribution is 0.568. The average Bonchev–Trinajstić information content (AvgIpc) is 2.76. The van der Waals surface area contributed by atoms with Crippen LogP contribution in [-0.2, 0) is 10.0 Å². The highest BCUT2D eigenvalue weighted by Crippen LogP contribution is 2.24. The molecule has 2 aromatic rings. The Morgan fingerprint density at radius 3 is 2.32 bits per heavy atom. The molecule has 0 aliphatic heterocycles. The van der Waals surface area contributed by atoms with E-state index in [4.69, 9.17) is 0 Å². The van der Waals surface area contributed by atoms with Crippen LogP contribution >= 0.6 is 27.3 Å². The van der Waals surface area contributed by atoms with Crippen molar-refractivity contribution >= 4 is 37.3 Å². The third-order valence-corrected chi connectivity index (χ3v) is 5.91. The van der Waals surface area contributed by atoms with Crippen molar-refractivity contribution in [2.75, 3.05) is 0 Å². The smallest absolute Gasteiger partial charge is 0.207 e. The number of hydrogen-bond donors (Lipinski definition) is 1. The Morgan fingerprint density at radius 1 is 1.16 bits per heavy atom. The van der Waals surface area contributed by atoms with Gasteiger partial charge < -0.3 is 0 Å². The average molecular weight is 360 g/mol. The lowest BCUT2D eigenvalue weighted by atomic mass is 10.3. The predicted octanol–water partition coefficient (Wildman–Crippen LogP) is 3.86. The summed E-state index contributed by atoms with van der Waals surface area (Å²) < 4.78 is 28.0. The number of rotatable bonds is 4. The quantitative estimate of drug-likeness (QED) is 0.900. The first-order valence-corrected chi connectivity index (χ1v) is 8.82. The van der Waals surface area contributed by atoms with E-state index in [1.807, 2.05) is 26.0 Å². The molecule has 1 unspecified atom stereocenters. The van der Waals surface area contributed by atoms with Crippen LogP contribution < -0.4 is 4.72 Å². The zero-order valence-electron chi connectivity index (χ0n) is 10.6. The van der Waals surface area contributed by atoms with Crippen LogP contribution in [0.25, 0.3) is 0 Å². The fourth-order valence-electron chi connectivity index (χ4n) is 1.66. The van der Waals surface area contributed by atoms with Gasteiger partial charge in [0.1, 0.15) is 0 Å². The fourth-order valence-corrected chi connectivity index (χ4v) is 4.10. The highest BCUT2D eigenvalue weighted by Gasteiger charge is 2.18. The number of aryl methyl sites for hydroxylation is 1. The van der Waals surface area contributed by atoms with E-state index in [-0.39, 0.29) is 10.9 Å². The first-order chi connectivity index (χ1) is 8.88. The number of hydrogen-bond acceptors (Lipinski definition) is 3. The SMILES string of the molecule is Cc1ccc(C(C)NS(=O)(=O)c2ccc(Br)cc2)s1. The molecule has 1 N–H and O–H groups in total. The second kappa shape index (κ2) is 5.75. The van der Waals surface area contributed by atoms with E-state index in [0.29, 0.717) is 0 Å². The van der Waals surface area contributed by atoms with Crippen molar-refractivity contribution in [2.45, 2.75) is 24.8 Å². The lowest BCUT2D eigenvalue weighted by Gasteiger charge is -2.12. The van der Waals surface area contributed by atoms with E-state index in [2.05, 4.69) is 20.7 Å². The van der Waals surface area contributed by atoms with Crippen LogP contribution in [0.1, 0.15) is 22.7 Å². The lowest BCUT2D eigenvalue weighted by Crippen LogP contribution is -2.26. The maximum absolute atomic E-state index is 12.2. The summed E-state index contributed by atoms with van der Waals surface area (Å²) in [5.74, 6) is 0. The van der Waals surface area contributed by atoms with Crippen molar-refractivity contribution in [3.63, 3.8) is 0 Å². The Kier molecular flexibility index (Phi) is 4.45. The van der Waals surface area contributed by atoms with E-state index >= 15 is 0 Å². The van der Waals surface area contributed by atoms with Crippen molar-refractivity contribution in [3.05, 3.63) is 50.6 Å². The summed E-state index contributed by atoms with van der Waals surface area (Å²) in [5.41, 5.74) is 0. The summed E-state index contributed by atoms with van der Waals surface area (Å²) in [6.45, 7) is 3.85. The van der Waals surface area contributed by atoms with E-state index < -0.39 is 10.0 Å². The van der Waals surface area contributed by atoms with Crippen LogP contribution in [0.15, 0.2) is 45.8 Å². The normalized spacial score (nSPS) is 13.4. The van der Waals surface area contributed by atoms with Gasteiger partial charge in [-0.05, 0) is 50.2 Å². The van der Waals surface area contributed by atoms with Crippen LogP contribution in [0.2, 0.25) is 0 Å². The predicted molar refractivity (Wildman–Crippen MR) is 81.9 cm³/mol. The molecular formula is C13H14BrNO2S2. The van der Waals surface area contributed by atoms with Gasteiger partial charge in [-0.25, -0.2) is 13.1 Å². The van der Waals surface area contributed by atoms with Gasteiger partial charge in [0.05, 0.1) is 10.9 Å². The molecule has 0 aliphatic carbocycles. The molecule has 1 heterocycles. The minimum Gasteiger partial charge on any atom is -0.207 e. The van der Waals surface area contributed by atoms with Crippen LogP contribution in [0.3, 0.4) is 0 Å². The van der Waals surface area contributed by atoms with Crippen LogP contribution in [0.5, 0.6) is 0 Å². The second-order valence-corrected chi connectivity index (χ2v) is 8.19. The maximum atomic E-state index is 12.2. The van der Waals surface area contributed by atoms with Gasteiger partial charge in [-0.3, -0.25) is 0 Å². The molecule has 0 saturated carbocycles. The molecule has 0 fully saturated rings. The molecule has 1 aromatic carbocycles. The van der Waals surface area contributed by atoms with Gasteiger partial charge in [-0.15, -0.1) is 11.3 Å². The molecule has 1 aromatic heterocycles. The fraction of sp³-hybridized carbons (Fsp3) is 0.231. The third kappa shape index (κ3) is 3.66. The molecular weight excluding hydrogens is 346 g/mol. The summed E-state index contributed by atoms with van der Waals surface area (Å²) >= 11 is 4.89. The Balaban J connectivity index is 2.19.